The van der Waals surface area contributed by atoms with Gasteiger partial charge < -0.3 is 19.9 Å². The number of aliphatic imine (C=N–C) groups is 1. The summed E-state index contributed by atoms with van der Waals surface area (Å²) in [5, 5.41) is 3.50. The molecule has 3 rings (SSSR count). The molecule has 1 N–H and O–H groups in total. The van der Waals surface area contributed by atoms with Gasteiger partial charge in [0.1, 0.15) is 11.9 Å². The molecule has 0 aliphatic carbocycles. The van der Waals surface area contributed by atoms with Gasteiger partial charge in [-0.3, -0.25) is 4.99 Å². The highest BCUT2D eigenvalue weighted by atomic mass is 16.5. The minimum absolute atomic E-state index is 0.0937. The van der Waals surface area contributed by atoms with Crippen molar-refractivity contribution in [2.45, 2.75) is 45.6 Å². The number of aryl methyl sites for hydroxylation is 1. The topological polar surface area (TPSA) is 40.1 Å². The zero-order valence-electron chi connectivity index (χ0n) is 17.3. The van der Waals surface area contributed by atoms with E-state index in [9.17, 15) is 0 Å². The predicted octanol–water partition coefficient (Wildman–Crippen LogP) is 3.15. The van der Waals surface area contributed by atoms with Crippen LogP contribution in [0.1, 0.15) is 38.2 Å². The molecular formula is C22H36N4O. The average molecular weight is 373 g/mol. The van der Waals surface area contributed by atoms with Crippen molar-refractivity contribution in [1.29, 1.82) is 0 Å². The zero-order valence-corrected chi connectivity index (χ0v) is 17.3. The summed E-state index contributed by atoms with van der Waals surface area (Å²) < 4.78 is 6.01. The first-order valence-electron chi connectivity index (χ1n) is 10.6. The normalized spacial score (nSPS) is 22.7. The number of likely N-dealkylation sites (tertiary alicyclic amines) is 2. The Morgan fingerprint density at radius 2 is 1.93 bits per heavy atom. The van der Waals surface area contributed by atoms with Gasteiger partial charge in [-0.15, -0.1) is 0 Å². The van der Waals surface area contributed by atoms with Crippen molar-refractivity contribution in [2.24, 2.45) is 10.9 Å². The van der Waals surface area contributed by atoms with Gasteiger partial charge in [0.05, 0.1) is 6.54 Å². The molecule has 0 amide bonds. The lowest BCUT2D eigenvalue weighted by atomic mass is 10.1. The van der Waals surface area contributed by atoms with Crippen molar-refractivity contribution in [3.05, 3.63) is 29.8 Å². The van der Waals surface area contributed by atoms with Gasteiger partial charge in [0.25, 0.3) is 0 Å². The van der Waals surface area contributed by atoms with Gasteiger partial charge in [-0.05, 0) is 64.3 Å². The standard InChI is InChI=1S/C22H36N4O/c1-18-7-9-21(10-8-18)27-19(2)15-24-22(23-3)26-14-11-20(17-26)16-25-12-5-4-6-13-25/h7-10,19-20H,4-6,11-17H2,1-3H3,(H,23,24). The SMILES string of the molecule is CN=C(NCC(C)Oc1ccc(C)cc1)N1CCC(CN2CCCCC2)C1. The van der Waals surface area contributed by atoms with Gasteiger partial charge in [0.2, 0.25) is 0 Å². The summed E-state index contributed by atoms with van der Waals surface area (Å²) in [6, 6.07) is 8.24. The molecular weight excluding hydrogens is 336 g/mol. The molecule has 150 valence electrons. The molecule has 1 aromatic rings. The van der Waals surface area contributed by atoms with Crippen molar-refractivity contribution in [3.8, 4) is 5.75 Å². The monoisotopic (exact) mass is 372 g/mol. The van der Waals surface area contributed by atoms with E-state index in [1.165, 1.54) is 50.9 Å². The molecule has 0 radical (unpaired) electrons. The van der Waals surface area contributed by atoms with Crippen LogP contribution in [-0.2, 0) is 0 Å². The fourth-order valence-electron chi connectivity index (χ4n) is 4.14. The third kappa shape index (κ3) is 6.13. The Balaban J connectivity index is 1.41. The Morgan fingerprint density at radius 1 is 1.19 bits per heavy atom. The van der Waals surface area contributed by atoms with E-state index in [0.717, 1.165) is 37.3 Å². The number of ether oxygens (including phenoxy) is 1. The highest BCUT2D eigenvalue weighted by Crippen LogP contribution is 2.20. The van der Waals surface area contributed by atoms with Crippen molar-refractivity contribution in [2.75, 3.05) is 46.3 Å². The second kappa shape index (κ2) is 9.98. The van der Waals surface area contributed by atoms with Gasteiger partial charge in [-0.25, -0.2) is 0 Å². The molecule has 2 saturated heterocycles. The molecule has 0 saturated carbocycles. The first-order valence-corrected chi connectivity index (χ1v) is 10.6. The maximum absolute atomic E-state index is 6.01. The molecule has 27 heavy (non-hydrogen) atoms. The Labute approximate surface area is 164 Å². The van der Waals surface area contributed by atoms with Crippen LogP contribution in [0, 0.1) is 12.8 Å². The van der Waals surface area contributed by atoms with Crippen LogP contribution in [0.3, 0.4) is 0 Å². The van der Waals surface area contributed by atoms with Gasteiger partial charge in [-0.2, -0.15) is 0 Å². The van der Waals surface area contributed by atoms with Gasteiger partial charge in [0.15, 0.2) is 5.96 Å². The van der Waals surface area contributed by atoms with Gasteiger partial charge in [0, 0.05) is 26.7 Å². The van der Waals surface area contributed by atoms with Gasteiger partial charge in [-0.1, -0.05) is 24.1 Å². The molecule has 0 bridgehead atoms. The Morgan fingerprint density at radius 3 is 2.63 bits per heavy atom. The highest BCUT2D eigenvalue weighted by molar-refractivity contribution is 5.80. The quantitative estimate of drug-likeness (QED) is 0.615. The minimum atomic E-state index is 0.0937. The molecule has 5 nitrogen and oxygen atoms in total. The molecule has 2 aliphatic rings. The maximum Gasteiger partial charge on any atom is 0.193 e. The number of rotatable bonds is 6. The number of hydrogen-bond donors (Lipinski definition) is 1. The lowest BCUT2D eigenvalue weighted by Crippen LogP contribution is -2.44. The minimum Gasteiger partial charge on any atom is -0.489 e. The molecule has 2 aliphatic heterocycles. The molecule has 1 aromatic carbocycles. The van der Waals surface area contributed by atoms with Crippen LogP contribution >= 0.6 is 0 Å². The van der Waals surface area contributed by atoms with E-state index in [0.29, 0.717) is 0 Å². The largest absolute Gasteiger partial charge is 0.489 e. The fourth-order valence-corrected chi connectivity index (χ4v) is 4.14. The summed E-state index contributed by atoms with van der Waals surface area (Å²) >= 11 is 0. The van der Waals surface area contributed by atoms with Crippen molar-refractivity contribution >= 4 is 5.96 Å². The number of benzene rings is 1. The Kier molecular flexibility index (Phi) is 7.39. The summed E-state index contributed by atoms with van der Waals surface area (Å²) in [6.45, 7) is 11.0. The molecule has 2 unspecified atom stereocenters. The number of nitrogens with one attached hydrogen (secondary N) is 1. The molecule has 5 heteroatoms. The second-order valence-electron chi connectivity index (χ2n) is 8.13. The van der Waals surface area contributed by atoms with Crippen molar-refractivity contribution < 1.29 is 4.74 Å². The molecule has 2 heterocycles. The van der Waals surface area contributed by atoms with E-state index in [1.807, 2.05) is 19.2 Å². The van der Waals surface area contributed by atoms with Crippen molar-refractivity contribution in [3.63, 3.8) is 0 Å². The maximum atomic E-state index is 6.01. The van der Waals surface area contributed by atoms with E-state index in [2.05, 4.69) is 46.1 Å². The van der Waals surface area contributed by atoms with Crippen LogP contribution in [0.5, 0.6) is 5.75 Å². The number of hydrogen-bond acceptors (Lipinski definition) is 3. The third-order valence-electron chi connectivity index (χ3n) is 5.67. The zero-order chi connectivity index (χ0) is 19.1. The summed E-state index contributed by atoms with van der Waals surface area (Å²) in [7, 11) is 1.88. The number of nitrogens with zero attached hydrogens (tertiary/aromatic N) is 3. The second-order valence-corrected chi connectivity index (χ2v) is 8.13. The van der Waals surface area contributed by atoms with E-state index in [4.69, 9.17) is 4.74 Å². The molecule has 2 atom stereocenters. The lowest BCUT2D eigenvalue weighted by Gasteiger charge is -2.29. The van der Waals surface area contributed by atoms with Crippen LogP contribution in [0.15, 0.2) is 29.3 Å². The van der Waals surface area contributed by atoms with E-state index < -0.39 is 0 Å². The van der Waals surface area contributed by atoms with Crippen LogP contribution in [0.2, 0.25) is 0 Å². The lowest BCUT2D eigenvalue weighted by molar-refractivity contribution is 0.197. The summed E-state index contributed by atoms with van der Waals surface area (Å²) in [5.74, 6) is 2.70. The van der Waals surface area contributed by atoms with Crippen LogP contribution in [0.4, 0.5) is 0 Å². The Hall–Kier alpha value is -1.75. The molecule has 2 fully saturated rings. The van der Waals surface area contributed by atoms with E-state index in [-0.39, 0.29) is 6.10 Å². The van der Waals surface area contributed by atoms with Crippen LogP contribution in [-0.4, -0.2) is 68.2 Å². The fraction of sp³-hybridized carbons (Fsp3) is 0.682. The molecule has 0 aromatic heterocycles. The van der Waals surface area contributed by atoms with Crippen molar-refractivity contribution in [1.82, 2.24) is 15.1 Å². The van der Waals surface area contributed by atoms with Crippen LogP contribution in [0.25, 0.3) is 0 Å². The average Bonchev–Trinajstić information content (AvgIpc) is 3.13. The summed E-state index contributed by atoms with van der Waals surface area (Å²) in [5.41, 5.74) is 1.25. The van der Waals surface area contributed by atoms with Crippen LogP contribution < -0.4 is 10.1 Å². The van der Waals surface area contributed by atoms with E-state index >= 15 is 0 Å². The molecule has 0 spiro atoms. The third-order valence-corrected chi connectivity index (χ3v) is 5.67. The van der Waals surface area contributed by atoms with E-state index in [1.54, 1.807) is 0 Å². The Bertz CT molecular complexity index is 595. The summed E-state index contributed by atoms with van der Waals surface area (Å²) in [4.78, 5) is 9.57. The number of guanidine groups is 1. The van der Waals surface area contributed by atoms with Gasteiger partial charge >= 0.3 is 0 Å². The highest BCUT2D eigenvalue weighted by Gasteiger charge is 2.27. The number of piperidine rings is 1. The smallest absolute Gasteiger partial charge is 0.193 e. The first kappa shape index (κ1) is 20.0. The first-order chi connectivity index (χ1) is 13.1. The predicted molar refractivity (Wildman–Crippen MR) is 113 cm³/mol. The summed E-state index contributed by atoms with van der Waals surface area (Å²) in [6.07, 6.45) is 5.52.